The first kappa shape index (κ1) is 7.94. The SMILES string of the molecule is O=S1(=O)CCNCC1CF. The lowest BCUT2D eigenvalue weighted by molar-refractivity contribution is 0.443. The zero-order chi connectivity index (χ0) is 7.61. The largest absolute Gasteiger partial charge is 0.314 e. The molecule has 5 heteroatoms. The van der Waals surface area contributed by atoms with Crippen molar-refractivity contribution in [2.45, 2.75) is 5.25 Å². The lowest BCUT2D eigenvalue weighted by atomic mass is 10.4. The van der Waals surface area contributed by atoms with E-state index in [1.807, 2.05) is 0 Å². The molecule has 0 saturated carbocycles. The minimum Gasteiger partial charge on any atom is -0.314 e. The molecule has 3 nitrogen and oxygen atoms in total. The maximum absolute atomic E-state index is 12.0. The molecule has 0 amide bonds. The number of alkyl halides is 1. The molecule has 1 aliphatic rings. The van der Waals surface area contributed by atoms with Gasteiger partial charge in [0.1, 0.15) is 11.9 Å². The second-order valence-electron chi connectivity index (χ2n) is 2.35. The Labute approximate surface area is 59.5 Å². The van der Waals surface area contributed by atoms with Crippen LogP contribution in [-0.2, 0) is 9.84 Å². The zero-order valence-electron chi connectivity index (χ0n) is 5.51. The minimum atomic E-state index is -3.11. The Kier molecular flexibility index (Phi) is 2.25. The summed E-state index contributed by atoms with van der Waals surface area (Å²) in [7, 11) is -3.11. The van der Waals surface area contributed by atoms with Crippen LogP contribution in [0.2, 0.25) is 0 Å². The average Bonchev–Trinajstić information content (AvgIpc) is 1.87. The Balaban J connectivity index is 2.70. The predicted octanol–water partition coefficient (Wildman–Crippen LogP) is -0.657. The van der Waals surface area contributed by atoms with Crippen molar-refractivity contribution in [1.82, 2.24) is 5.32 Å². The van der Waals surface area contributed by atoms with Crippen molar-refractivity contribution in [3.05, 3.63) is 0 Å². The quantitative estimate of drug-likeness (QED) is 0.564. The van der Waals surface area contributed by atoms with Crippen LogP contribution in [0.3, 0.4) is 0 Å². The van der Waals surface area contributed by atoms with E-state index in [9.17, 15) is 12.8 Å². The van der Waals surface area contributed by atoms with Crippen molar-refractivity contribution in [1.29, 1.82) is 0 Å². The molecular formula is C5H10FNO2S. The fourth-order valence-electron chi connectivity index (χ4n) is 0.922. The summed E-state index contributed by atoms with van der Waals surface area (Å²) in [6.45, 7) is -0.0486. The summed E-state index contributed by atoms with van der Waals surface area (Å²) in [6.07, 6.45) is 0. The molecule has 1 atom stereocenters. The highest BCUT2D eigenvalue weighted by Crippen LogP contribution is 2.05. The lowest BCUT2D eigenvalue weighted by Crippen LogP contribution is -2.44. The van der Waals surface area contributed by atoms with Gasteiger partial charge in [-0.25, -0.2) is 12.8 Å². The van der Waals surface area contributed by atoms with Crippen LogP contribution in [0.1, 0.15) is 0 Å². The molecule has 0 aliphatic carbocycles. The maximum Gasteiger partial charge on any atom is 0.158 e. The molecule has 0 aromatic heterocycles. The van der Waals surface area contributed by atoms with E-state index in [0.717, 1.165) is 0 Å². The fraction of sp³-hybridized carbons (Fsp3) is 1.00. The van der Waals surface area contributed by atoms with Gasteiger partial charge in [0.05, 0.1) is 5.75 Å². The summed E-state index contributed by atoms with van der Waals surface area (Å²) in [6, 6.07) is 0. The lowest BCUT2D eigenvalue weighted by Gasteiger charge is -2.20. The Bertz CT molecular complexity index is 202. The molecule has 0 spiro atoms. The van der Waals surface area contributed by atoms with Crippen molar-refractivity contribution in [3.8, 4) is 0 Å². The van der Waals surface area contributed by atoms with Gasteiger partial charge in [-0.15, -0.1) is 0 Å². The van der Waals surface area contributed by atoms with Gasteiger partial charge in [-0.2, -0.15) is 0 Å². The first-order valence-corrected chi connectivity index (χ1v) is 4.86. The van der Waals surface area contributed by atoms with Gasteiger partial charge in [0.2, 0.25) is 0 Å². The highest BCUT2D eigenvalue weighted by Gasteiger charge is 2.28. The van der Waals surface area contributed by atoms with Crippen LogP contribution < -0.4 is 5.32 Å². The molecule has 0 aromatic rings. The van der Waals surface area contributed by atoms with E-state index in [4.69, 9.17) is 0 Å². The van der Waals surface area contributed by atoms with Crippen molar-refractivity contribution >= 4 is 9.84 Å². The van der Waals surface area contributed by atoms with Gasteiger partial charge >= 0.3 is 0 Å². The molecular weight excluding hydrogens is 157 g/mol. The zero-order valence-corrected chi connectivity index (χ0v) is 6.32. The van der Waals surface area contributed by atoms with Gasteiger partial charge in [-0.1, -0.05) is 0 Å². The third-order valence-corrected chi connectivity index (χ3v) is 3.70. The van der Waals surface area contributed by atoms with Crippen molar-refractivity contribution < 1.29 is 12.8 Å². The number of sulfone groups is 1. The third-order valence-electron chi connectivity index (χ3n) is 1.62. The molecule has 1 heterocycles. The molecule has 1 unspecified atom stereocenters. The van der Waals surface area contributed by atoms with Gasteiger partial charge in [0.15, 0.2) is 9.84 Å². The van der Waals surface area contributed by atoms with Crippen molar-refractivity contribution in [2.75, 3.05) is 25.5 Å². The molecule has 0 aromatic carbocycles. The molecule has 1 aliphatic heterocycles. The van der Waals surface area contributed by atoms with Crippen LogP contribution in [0.5, 0.6) is 0 Å². The monoisotopic (exact) mass is 167 g/mol. The maximum atomic E-state index is 12.0. The second-order valence-corrected chi connectivity index (χ2v) is 4.75. The van der Waals surface area contributed by atoms with Crippen molar-refractivity contribution in [3.63, 3.8) is 0 Å². The van der Waals surface area contributed by atoms with E-state index in [-0.39, 0.29) is 12.3 Å². The Hall–Kier alpha value is -0.160. The van der Waals surface area contributed by atoms with E-state index >= 15 is 0 Å². The molecule has 10 heavy (non-hydrogen) atoms. The van der Waals surface area contributed by atoms with Crippen LogP contribution in [0.4, 0.5) is 4.39 Å². The number of hydrogen-bond acceptors (Lipinski definition) is 3. The predicted molar refractivity (Wildman–Crippen MR) is 36.4 cm³/mol. The highest BCUT2D eigenvalue weighted by atomic mass is 32.2. The van der Waals surface area contributed by atoms with Crippen LogP contribution in [0, 0.1) is 0 Å². The van der Waals surface area contributed by atoms with E-state index in [1.54, 1.807) is 0 Å². The van der Waals surface area contributed by atoms with Crippen LogP contribution in [0.25, 0.3) is 0 Å². The molecule has 0 bridgehead atoms. The number of rotatable bonds is 1. The molecule has 60 valence electrons. The summed E-state index contributed by atoms with van der Waals surface area (Å²) in [5.74, 6) is 0.0710. The fourth-order valence-corrected chi connectivity index (χ4v) is 2.25. The van der Waals surface area contributed by atoms with Crippen LogP contribution >= 0.6 is 0 Å². The number of nitrogens with one attached hydrogen (secondary N) is 1. The van der Waals surface area contributed by atoms with Gasteiger partial charge < -0.3 is 5.32 Å². The van der Waals surface area contributed by atoms with Gasteiger partial charge in [-0.3, -0.25) is 0 Å². The highest BCUT2D eigenvalue weighted by molar-refractivity contribution is 7.92. The summed E-state index contributed by atoms with van der Waals surface area (Å²) in [4.78, 5) is 0. The van der Waals surface area contributed by atoms with Crippen LogP contribution in [-0.4, -0.2) is 39.2 Å². The summed E-state index contributed by atoms with van der Waals surface area (Å²) < 4.78 is 33.8. The molecule has 1 N–H and O–H groups in total. The topological polar surface area (TPSA) is 46.2 Å². The third kappa shape index (κ3) is 1.46. The Morgan fingerprint density at radius 2 is 2.30 bits per heavy atom. The van der Waals surface area contributed by atoms with Gasteiger partial charge in [0.25, 0.3) is 0 Å². The first-order chi connectivity index (χ1) is 4.67. The van der Waals surface area contributed by atoms with Gasteiger partial charge in [0, 0.05) is 13.1 Å². The van der Waals surface area contributed by atoms with E-state index in [1.165, 1.54) is 0 Å². The minimum absolute atomic E-state index is 0.0710. The molecule has 1 saturated heterocycles. The Morgan fingerprint density at radius 1 is 1.60 bits per heavy atom. The average molecular weight is 167 g/mol. The first-order valence-electron chi connectivity index (χ1n) is 3.15. The molecule has 0 radical (unpaired) electrons. The van der Waals surface area contributed by atoms with E-state index < -0.39 is 21.8 Å². The number of halogens is 1. The number of hydrogen-bond donors (Lipinski definition) is 1. The molecule has 1 rings (SSSR count). The summed E-state index contributed by atoms with van der Waals surface area (Å²) >= 11 is 0. The normalized spacial score (nSPS) is 31.9. The van der Waals surface area contributed by atoms with E-state index in [0.29, 0.717) is 6.54 Å². The van der Waals surface area contributed by atoms with E-state index in [2.05, 4.69) is 5.32 Å². The Morgan fingerprint density at radius 3 is 2.70 bits per heavy atom. The van der Waals surface area contributed by atoms with Crippen molar-refractivity contribution in [2.24, 2.45) is 0 Å². The standard InChI is InChI=1S/C5H10FNO2S/c6-3-5-4-7-1-2-10(5,8)9/h5,7H,1-4H2. The second kappa shape index (κ2) is 2.84. The smallest absolute Gasteiger partial charge is 0.158 e. The van der Waals surface area contributed by atoms with Gasteiger partial charge in [-0.05, 0) is 0 Å². The molecule has 1 fully saturated rings. The summed E-state index contributed by atoms with van der Waals surface area (Å²) in [5.41, 5.74) is 0. The summed E-state index contributed by atoms with van der Waals surface area (Å²) in [5, 5.41) is 2.02. The van der Waals surface area contributed by atoms with Crippen LogP contribution in [0.15, 0.2) is 0 Å².